The van der Waals surface area contributed by atoms with Crippen LogP contribution < -0.4 is 15.8 Å². The molecule has 0 saturated carbocycles. The Bertz CT molecular complexity index is 662. The quantitative estimate of drug-likeness (QED) is 0.492. The van der Waals surface area contributed by atoms with Gasteiger partial charge in [0.25, 0.3) is 0 Å². The number of hydrogen-bond donors (Lipinski definition) is 2. The second-order valence-electron chi connectivity index (χ2n) is 4.00. The molecule has 1 heterocycles. The Hall–Kier alpha value is -2.34. The second kappa shape index (κ2) is 5.53. The van der Waals surface area contributed by atoms with Crippen LogP contribution in [0.3, 0.4) is 0 Å². The molecule has 6 nitrogen and oxygen atoms in total. The second-order valence-corrected chi connectivity index (χ2v) is 4.00. The molecule has 19 heavy (non-hydrogen) atoms. The van der Waals surface area contributed by atoms with Crippen LogP contribution in [0.25, 0.3) is 11.0 Å². The van der Waals surface area contributed by atoms with E-state index in [1.54, 1.807) is 24.3 Å². The molecule has 100 valence electrons. The lowest BCUT2D eigenvalue weighted by atomic mass is 10.1. The zero-order valence-electron chi connectivity index (χ0n) is 10.3. The molecule has 2 rings (SSSR count). The molecule has 2 N–H and O–H groups in total. The summed E-state index contributed by atoms with van der Waals surface area (Å²) in [5, 5.41) is 9.15. The van der Waals surface area contributed by atoms with Crippen molar-refractivity contribution >= 4 is 16.9 Å². The van der Waals surface area contributed by atoms with E-state index in [4.69, 9.17) is 14.4 Å². The van der Waals surface area contributed by atoms with E-state index in [-0.39, 0.29) is 12.8 Å². The van der Waals surface area contributed by atoms with Gasteiger partial charge in [-0.1, -0.05) is 0 Å². The normalized spacial score (nSPS) is 10.4. The number of carbonyl (C=O) groups excluding carboxylic acids is 1. The summed E-state index contributed by atoms with van der Waals surface area (Å²) in [6, 6.07) is 6.82. The van der Waals surface area contributed by atoms with Gasteiger partial charge in [-0.05, 0) is 24.6 Å². The molecule has 6 heteroatoms. The predicted octanol–water partition coefficient (Wildman–Crippen LogP) is 1.24. The van der Waals surface area contributed by atoms with Crippen LogP contribution in [0.15, 0.2) is 33.5 Å². The molecule has 0 aliphatic rings. The van der Waals surface area contributed by atoms with Gasteiger partial charge in [0.1, 0.15) is 11.3 Å². The van der Waals surface area contributed by atoms with E-state index in [9.17, 15) is 9.59 Å². The number of ether oxygens (including phenoxy) is 1. The minimum Gasteiger partial charge on any atom is -0.497 e. The van der Waals surface area contributed by atoms with E-state index in [0.717, 1.165) is 5.39 Å². The summed E-state index contributed by atoms with van der Waals surface area (Å²) in [7, 11) is 1.53. The Labute approximate surface area is 108 Å². The van der Waals surface area contributed by atoms with E-state index in [2.05, 4.69) is 0 Å². The fourth-order valence-electron chi connectivity index (χ4n) is 1.74. The highest BCUT2D eigenvalue weighted by Crippen LogP contribution is 2.20. The SMILES string of the molecule is COc1ccc2cc(CCC(=O)NO)c(=O)oc2c1. The molecule has 0 atom stereocenters. The van der Waals surface area contributed by atoms with Gasteiger partial charge in [-0.2, -0.15) is 0 Å². The summed E-state index contributed by atoms with van der Waals surface area (Å²) in [5.74, 6) is 0.0530. The van der Waals surface area contributed by atoms with Crippen molar-refractivity contribution in [3.8, 4) is 5.75 Å². The number of benzene rings is 1. The van der Waals surface area contributed by atoms with Gasteiger partial charge in [0.15, 0.2) is 0 Å². The van der Waals surface area contributed by atoms with Crippen molar-refractivity contribution in [1.82, 2.24) is 5.48 Å². The lowest BCUT2D eigenvalue weighted by Gasteiger charge is -2.04. The molecule has 2 aromatic rings. The summed E-state index contributed by atoms with van der Waals surface area (Å²) in [6.07, 6.45) is 0.222. The predicted molar refractivity (Wildman–Crippen MR) is 67.3 cm³/mol. The summed E-state index contributed by atoms with van der Waals surface area (Å²) >= 11 is 0. The molecule has 0 bridgehead atoms. The zero-order chi connectivity index (χ0) is 13.8. The molecule has 0 unspecified atom stereocenters. The molecule has 0 radical (unpaired) electrons. The third-order valence-corrected chi connectivity index (χ3v) is 2.76. The van der Waals surface area contributed by atoms with Crippen molar-refractivity contribution in [3.63, 3.8) is 0 Å². The van der Waals surface area contributed by atoms with Crippen LogP contribution in [0.5, 0.6) is 5.75 Å². The average molecular weight is 263 g/mol. The van der Waals surface area contributed by atoms with Gasteiger partial charge in [-0.3, -0.25) is 10.0 Å². The van der Waals surface area contributed by atoms with Crippen molar-refractivity contribution < 1.29 is 19.2 Å². The van der Waals surface area contributed by atoms with Crippen LogP contribution in [0.4, 0.5) is 0 Å². The van der Waals surface area contributed by atoms with Crippen LogP contribution >= 0.6 is 0 Å². The summed E-state index contributed by atoms with van der Waals surface area (Å²) in [6.45, 7) is 0. The first kappa shape index (κ1) is 13.1. The van der Waals surface area contributed by atoms with E-state index in [1.165, 1.54) is 12.6 Å². The molecule has 0 fully saturated rings. The molecule has 0 spiro atoms. The molecule has 1 aromatic heterocycles. The smallest absolute Gasteiger partial charge is 0.339 e. The van der Waals surface area contributed by atoms with Crippen molar-refractivity contribution in [3.05, 3.63) is 40.2 Å². The minimum atomic E-state index is -0.547. The summed E-state index contributed by atoms with van der Waals surface area (Å²) < 4.78 is 10.2. The number of methoxy groups -OCH3 is 1. The Balaban J connectivity index is 2.34. The number of amides is 1. The summed E-state index contributed by atoms with van der Waals surface area (Å²) in [4.78, 5) is 22.7. The lowest BCUT2D eigenvalue weighted by Crippen LogP contribution is -2.20. The maximum atomic E-state index is 11.7. The van der Waals surface area contributed by atoms with Gasteiger partial charge in [-0.25, -0.2) is 10.3 Å². The Kier molecular flexibility index (Phi) is 3.82. The van der Waals surface area contributed by atoms with E-state index in [1.807, 2.05) is 0 Å². The van der Waals surface area contributed by atoms with Crippen LogP contribution in [0, 0.1) is 0 Å². The third kappa shape index (κ3) is 2.92. The zero-order valence-corrected chi connectivity index (χ0v) is 10.3. The fourth-order valence-corrected chi connectivity index (χ4v) is 1.74. The largest absolute Gasteiger partial charge is 0.497 e. The van der Waals surface area contributed by atoms with Crippen molar-refractivity contribution in [1.29, 1.82) is 0 Å². The van der Waals surface area contributed by atoms with Crippen LogP contribution in [-0.2, 0) is 11.2 Å². The molecule has 0 aliphatic carbocycles. The average Bonchev–Trinajstić information content (AvgIpc) is 2.44. The molecular formula is C13H13NO5. The third-order valence-electron chi connectivity index (χ3n) is 2.76. The molecule has 0 saturated heterocycles. The highest BCUT2D eigenvalue weighted by atomic mass is 16.5. The highest BCUT2D eigenvalue weighted by molar-refractivity contribution is 5.79. The van der Waals surface area contributed by atoms with Crippen LogP contribution in [0.1, 0.15) is 12.0 Å². The molecular weight excluding hydrogens is 250 g/mol. The number of nitrogens with one attached hydrogen (secondary N) is 1. The standard InChI is InChI=1S/C13H13NO5/c1-18-10-4-2-8-6-9(3-5-12(15)14-17)13(16)19-11(8)7-10/h2,4,6-7,17H,3,5H2,1H3,(H,14,15). The number of hydrogen-bond acceptors (Lipinski definition) is 5. The van der Waals surface area contributed by atoms with Gasteiger partial charge >= 0.3 is 5.63 Å². The minimum absolute atomic E-state index is 0.0168. The van der Waals surface area contributed by atoms with E-state index in [0.29, 0.717) is 16.9 Å². The maximum absolute atomic E-state index is 11.7. The highest BCUT2D eigenvalue weighted by Gasteiger charge is 2.08. The molecule has 0 aliphatic heterocycles. The molecule has 1 aromatic carbocycles. The van der Waals surface area contributed by atoms with Gasteiger partial charge in [0.2, 0.25) is 5.91 Å². The van der Waals surface area contributed by atoms with Gasteiger partial charge in [0.05, 0.1) is 7.11 Å². The van der Waals surface area contributed by atoms with Crippen molar-refractivity contribution in [2.24, 2.45) is 0 Å². The van der Waals surface area contributed by atoms with Gasteiger partial charge < -0.3 is 9.15 Å². The maximum Gasteiger partial charge on any atom is 0.339 e. The van der Waals surface area contributed by atoms with Gasteiger partial charge in [0, 0.05) is 23.4 Å². The van der Waals surface area contributed by atoms with Gasteiger partial charge in [-0.15, -0.1) is 0 Å². The Morgan fingerprint density at radius 3 is 2.89 bits per heavy atom. The van der Waals surface area contributed by atoms with E-state index < -0.39 is 11.5 Å². The number of aryl methyl sites for hydroxylation is 1. The van der Waals surface area contributed by atoms with Crippen molar-refractivity contribution in [2.45, 2.75) is 12.8 Å². The number of rotatable bonds is 4. The Morgan fingerprint density at radius 1 is 1.42 bits per heavy atom. The first-order valence-electron chi connectivity index (χ1n) is 5.67. The lowest BCUT2D eigenvalue weighted by molar-refractivity contribution is -0.129. The van der Waals surface area contributed by atoms with Crippen molar-refractivity contribution in [2.75, 3.05) is 7.11 Å². The monoisotopic (exact) mass is 263 g/mol. The van der Waals surface area contributed by atoms with Crippen LogP contribution in [-0.4, -0.2) is 18.2 Å². The Morgan fingerprint density at radius 2 is 2.21 bits per heavy atom. The molecule has 1 amide bonds. The summed E-state index contributed by atoms with van der Waals surface area (Å²) in [5.41, 5.74) is 1.85. The number of fused-ring (bicyclic) bond motifs is 1. The first-order valence-corrected chi connectivity index (χ1v) is 5.67. The first-order chi connectivity index (χ1) is 9.13. The van der Waals surface area contributed by atoms with E-state index >= 15 is 0 Å². The fraction of sp³-hybridized carbons (Fsp3) is 0.231. The topological polar surface area (TPSA) is 88.8 Å². The van der Waals surface area contributed by atoms with Crippen LogP contribution in [0.2, 0.25) is 0 Å². The number of carbonyl (C=O) groups is 1. The number of hydroxylamine groups is 1.